The zero-order valence-electron chi connectivity index (χ0n) is 15.1. The molecular formula is C20H19F3N4. The van der Waals surface area contributed by atoms with Crippen LogP contribution in [0.4, 0.5) is 19.0 Å². The number of halogens is 3. The van der Waals surface area contributed by atoms with Crippen LogP contribution in [-0.4, -0.2) is 22.5 Å². The number of hydrogen-bond donors (Lipinski definition) is 0. The quantitative estimate of drug-likeness (QED) is 0.613. The predicted octanol–water partition coefficient (Wildman–Crippen LogP) is 4.86. The molecule has 0 bridgehead atoms. The maximum Gasteiger partial charge on any atom is 0.417 e. The SMILES string of the molecule is C[C@H]1C[C@H](C)CN(c2cc(C(F)(F)F)c(C#N)c3nc4ccccc4n23)C1. The van der Waals surface area contributed by atoms with Crippen molar-refractivity contribution in [3.05, 3.63) is 41.5 Å². The Hall–Kier alpha value is -2.75. The molecule has 140 valence electrons. The fourth-order valence-corrected chi connectivity index (χ4v) is 4.23. The summed E-state index contributed by atoms with van der Waals surface area (Å²) in [6.07, 6.45) is -3.57. The Bertz CT molecular complexity index is 1050. The number of rotatable bonds is 1. The standard InChI is InChI=1S/C20H19F3N4/c1-12-7-13(2)11-26(10-12)18-8-15(20(21,22)23)14(9-24)19-25-16-5-3-4-6-17(16)27(18)19/h3-6,8,12-13H,7,10-11H2,1-2H3/t12-,13-/m0/s1. The molecule has 4 nitrogen and oxygen atoms in total. The van der Waals surface area contributed by atoms with E-state index in [0.717, 1.165) is 12.5 Å². The first kappa shape index (κ1) is 17.7. The highest BCUT2D eigenvalue weighted by Gasteiger charge is 2.37. The molecular weight excluding hydrogens is 353 g/mol. The van der Waals surface area contributed by atoms with Crippen molar-refractivity contribution in [2.45, 2.75) is 26.4 Å². The lowest BCUT2D eigenvalue weighted by Crippen LogP contribution is -2.39. The van der Waals surface area contributed by atoms with E-state index in [1.54, 1.807) is 22.6 Å². The molecule has 2 aromatic heterocycles. The van der Waals surface area contributed by atoms with E-state index >= 15 is 0 Å². The number of fused-ring (bicyclic) bond motifs is 3. The van der Waals surface area contributed by atoms with Crippen molar-refractivity contribution in [3.63, 3.8) is 0 Å². The number of piperidine rings is 1. The topological polar surface area (TPSA) is 44.3 Å². The number of nitriles is 1. The Kier molecular flexibility index (Phi) is 4.02. The van der Waals surface area contributed by atoms with Crippen molar-refractivity contribution in [1.29, 1.82) is 5.26 Å². The first-order valence-corrected chi connectivity index (χ1v) is 8.96. The molecule has 27 heavy (non-hydrogen) atoms. The molecule has 3 heterocycles. The number of anilines is 1. The average Bonchev–Trinajstić information content (AvgIpc) is 2.98. The second-order valence-corrected chi connectivity index (χ2v) is 7.51. The van der Waals surface area contributed by atoms with Gasteiger partial charge in [0.2, 0.25) is 0 Å². The largest absolute Gasteiger partial charge is 0.417 e. The summed E-state index contributed by atoms with van der Waals surface area (Å²) in [5.41, 5.74) is -0.00469. The fourth-order valence-electron chi connectivity index (χ4n) is 4.23. The second kappa shape index (κ2) is 6.15. The van der Waals surface area contributed by atoms with Crippen molar-refractivity contribution >= 4 is 22.5 Å². The van der Waals surface area contributed by atoms with Gasteiger partial charge in [0, 0.05) is 13.1 Å². The Morgan fingerprint density at radius 1 is 1.15 bits per heavy atom. The van der Waals surface area contributed by atoms with Gasteiger partial charge >= 0.3 is 6.18 Å². The van der Waals surface area contributed by atoms with E-state index in [4.69, 9.17) is 0 Å². The van der Waals surface area contributed by atoms with Crippen molar-refractivity contribution in [2.75, 3.05) is 18.0 Å². The summed E-state index contributed by atoms with van der Waals surface area (Å²) in [5, 5.41) is 9.47. The molecule has 1 saturated heterocycles. The molecule has 1 aromatic carbocycles. The molecule has 1 aliphatic rings. The van der Waals surface area contributed by atoms with Gasteiger partial charge in [-0.05, 0) is 36.5 Å². The van der Waals surface area contributed by atoms with Gasteiger partial charge in [-0.15, -0.1) is 0 Å². The summed E-state index contributed by atoms with van der Waals surface area (Å²) in [4.78, 5) is 6.36. The highest BCUT2D eigenvalue weighted by atomic mass is 19.4. The lowest BCUT2D eigenvalue weighted by Gasteiger charge is -2.37. The first-order chi connectivity index (χ1) is 12.8. The smallest absolute Gasteiger partial charge is 0.357 e. The first-order valence-electron chi connectivity index (χ1n) is 8.96. The molecule has 0 unspecified atom stereocenters. The average molecular weight is 372 g/mol. The van der Waals surface area contributed by atoms with Gasteiger partial charge in [-0.25, -0.2) is 4.98 Å². The van der Waals surface area contributed by atoms with E-state index in [0.29, 0.717) is 41.8 Å². The van der Waals surface area contributed by atoms with Crippen LogP contribution in [0.2, 0.25) is 0 Å². The molecule has 0 N–H and O–H groups in total. The number of benzene rings is 1. The number of imidazole rings is 1. The molecule has 0 aliphatic carbocycles. The maximum atomic E-state index is 13.7. The lowest BCUT2D eigenvalue weighted by atomic mass is 9.92. The molecule has 7 heteroatoms. The number of aromatic nitrogens is 2. The van der Waals surface area contributed by atoms with E-state index in [-0.39, 0.29) is 5.65 Å². The van der Waals surface area contributed by atoms with Crippen LogP contribution in [0.3, 0.4) is 0 Å². The highest BCUT2D eigenvalue weighted by molar-refractivity contribution is 5.85. The van der Waals surface area contributed by atoms with Gasteiger partial charge in [-0.3, -0.25) is 4.40 Å². The Morgan fingerprint density at radius 2 is 1.81 bits per heavy atom. The molecule has 0 saturated carbocycles. The summed E-state index contributed by atoms with van der Waals surface area (Å²) in [6, 6.07) is 10.0. The van der Waals surface area contributed by atoms with E-state index in [1.807, 2.05) is 17.0 Å². The van der Waals surface area contributed by atoms with Crippen LogP contribution in [0.5, 0.6) is 0 Å². The minimum atomic E-state index is -4.62. The Labute approximate surface area is 154 Å². The predicted molar refractivity (Wildman–Crippen MR) is 97.6 cm³/mol. The minimum Gasteiger partial charge on any atom is -0.357 e. The summed E-state index contributed by atoms with van der Waals surface area (Å²) in [6.45, 7) is 5.57. The third kappa shape index (κ3) is 2.89. The van der Waals surface area contributed by atoms with Gasteiger partial charge in [-0.1, -0.05) is 26.0 Å². The van der Waals surface area contributed by atoms with Gasteiger partial charge in [0.15, 0.2) is 5.65 Å². The molecule has 0 spiro atoms. The van der Waals surface area contributed by atoms with Crippen LogP contribution in [0.1, 0.15) is 31.4 Å². The normalized spacial score (nSPS) is 21.0. The highest BCUT2D eigenvalue weighted by Crippen LogP contribution is 2.39. The summed E-state index contributed by atoms with van der Waals surface area (Å²) >= 11 is 0. The Morgan fingerprint density at radius 3 is 2.44 bits per heavy atom. The summed E-state index contributed by atoms with van der Waals surface area (Å²) < 4.78 is 42.8. The third-order valence-electron chi connectivity index (χ3n) is 5.17. The van der Waals surface area contributed by atoms with Crippen LogP contribution in [0.15, 0.2) is 30.3 Å². The number of para-hydroxylation sites is 2. The molecule has 1 aliphatic heterocycles. The van der Waals surface area contributed by atoms with E-state index < -0.39 is 17.3 Å². The second-order valence-electron chi connectivity index (χ2n) is 7.51. The zero-order chi connectivity index (χ0) is 19.3. The molecule has 4 rings (SSSR count). The van der Waals surface area contributed by atoms with Gasteiger partial charge < -0.3 is 4.90 Å². The fraction of sp³-hybridized carbons (Fsp3) is 0.400. The van der Waals surface area contributed by atoms with Crippen LogP contribution in [0.25, 0.3) is 16.7 Å². The van der Waals surface area contributed by atoms with Crippen LogP contribution in [0, 0.1) is 23.2 Å². The Balaban J connectivity index is 2.09. The van der Waals surface area contributed by atoms with Crippen molar-refractivity contribution in [2.24, 2.45) is 11.8 Å². The number of hydrogen-bond acceptors (Lipinski definition) is 3. The van der Waals surface area contributed by atoms with E-state index in [9.17, 15) is 18.4 Å². The van der Waals surface area contributed by atoms with Crippen molar-refractivity contribution in [1.82, 2.24) is 9.38 Å². The summed E-state index contributed by atoms with van der Waals surface area (Å²) in [7, 11) is 0. The number of alkyl halides is 3. The van der Waals surface area contributed by atoms with Crippen LogP contribution in [-0.2, 0) is 6.18 Å². The maximum absolute atomic E-state index is 13.7. The van der Waals surface area contributed by atoms with Gasteiger partial charge in [-0.2, -0.15) is 18.4 Å². The lowest BCUT2D eigenvalue weighted by molar-refractivity contribution is -0.137. The van der Waals surface area contributed by atoms with Gasteiger partial charge in [0.1, 0.15) is 17.5 Å². The molecule has 3 aromatic rings. The van der Waals surface area contributed by atoms with Crippen LogP contribution >= 0.6 is 0 Å². The third-order valence-corrected chi connectivity index (χ3v) is 5.17. The molecule has 0 amide bonds. The molecule has 2 atom stereocenters. The molecule has 0 radical (unpaired) electrons. The monoisotopic (exact) mass is 372 g/mol. The van der Waals surface area contributed by atoms with Gasteiger partial charge in [0.25, 0.3) is 0 Å². The molecule has 1 fully saturated rings. The van der Waals surface area contributed by atoms with Crippen molar-refractivity contribution in [3.8, 4) is 6.07 Å². The van der Waals surface area contributed by atoms with E-state index in [1.165, 1.54) is 0 Å². The van der Waals surface area contributed by atoms with Crippen LogP contribution < -0.4 is 4.90 Å². The van der Waals surface area contributed by atoms with Gasteiger partial charge in [0.05, 0.1) is 16.6 Å². The zero-order valence-corrected chi connectivity index (χ0v) is 15.1. The van der Waals surface area contributed by atoms with Crippen molar-refractivity contribution < 1.29 is 13.2 Å². The van der Waals surface area contributed by atoms with E-state index in [2.05, 4.69) is 18.8 Å². The minimum absolute atomic E-state index is 0.0643. The number of pyridine rings is 1. The summed E-state index contributed by atoms with van der Waals surface area (Å²) in [5.74, 6) is 1.20. The number of nitrogens with zero attached hydrogens (tertiary/aromatic N) is 4.